The fourth-order valence-electron chi connectivity index (χ4n) is 1.93. The molecule has 2 aromatic rings. The first-order chi connectivity index (χ1) is 10.0. The van der Waals surface area contributed by atoms with Crippen LogP contribution in [0, 0.1) is 6.92 Å². The van der Waals surface area contributed by atoms with E-state index in [9.17, 15) is 8.42 Å². The van der Waals surface area contributed by atoms with Gasteiger partial charge >= 0.3 is 0 Å². The fourth-order valence-corrected chi connectivity index (χ4v) is 3.02. The molecule has 0 spiro atoms. The lowest BCUT2D eigenvalue weighted by Crippen LogP contribution is -2.14. The predicted molar refractivity (Wildman–Crippen MR) is 83.1 cm³/mol. The van der Waals surface area contributed by atoms with Gasteiger partial charge in [-0.2, -0.15) is 0 Å². The third kappa shape index (κ3) is 4.06. The van der Waals surface area contributed by atoms with Gasteiger partial charge in [-0.15, -0.1) is 0 Å². The second kappa shape index (κ2) is 6.74. The van der Waals surface area contributed by atoms with E-state index in [0.717, 1.165) is 11.1 Å². The summed E-state index contributed by atoms with van der Waals surface area (Å²) in [6, 6.07) is 14.2. The van der Waals surface area contributed by atoms with Gasteiger partial charge in [0.05, 0.1) is 10.6 Å². The van der Waals surface area contributed by atoms with Crippen LogP contribution in [0.3, 0.4) is 0 Å². The summed E-state index contributed by atoms with van der Waals surface area (Å²) in [5.74, 6) is 0.662. The van der Waals surface area contributed by atoms with Crippen LogP contribution in [0.4, 0.5) is 0 Å². The summed E-state index contributed by atoms with van der Waals surface area (Å²) >= 11 is 0. The van der Waals surface area contributed by atoms with Gasteiger partial charge in [0.15, 0.2) is 9.84 Å². The van der Waals surface area contributed by atoms with E-state index >= 15 is 0 Å². The summed E-state index contributed by atoms with van der Waals surface area (Å²) in [7, 11) is -3.33. The van der Waals surface area contributed by atoms with Crippen LogP contribution in [-0.4, -0.2) is 20.8 Å². The zero-order chi connectivity index (χ0) is 15.3. The molecule has 2 N–H and O–H groups in total. The van der Waals surface area contributed by atoms with Crippen LogP contribution < -0.4 is 10.5 Å². The molecule has 112 valence electrons. The Morgan fingerprint density at radius 2 is 1.71 bits per heavy atom. The van der Waals surface area contributed by atoms with Gasteiger partial charge in [-0.05, 0) is 36.2 Å². The zero-order valence-corrected chi connectivity index (χ0v) is 12.8. The maximum Gasteiger partial charge on any atom is 0.181 e. The number of sulfone groups is 1. The largest absolute Gasteiger partial charge is 0.492 e. The van der Waals surface area contributed by atoms with Gasteiger partial charge in [-0.1, -0.05) is 30.3 Å². The molecule has 0 aliphatic carbocycles. The molecule has 4 nitrogen and oxygen atoms in total. The number of aryl methyl sites for hydroxylation is 1. The molecule has 0 aliphatic rings. The highest BCUT2D eigenvalue weighted by Gasteiger charge is 2.14. The van der Waals surface area contributed by atoms with Crippen LogP contribution in [-0.2, 0) is 16.4 Å². The summed E-state index contributed by atoms with van der Waals surface area (Å²) in [6.07, 6.45) is 0. The quantitative estimate of drug-likeness (QED) is 0.889. The predicted octanol–water partition coefficient (Wildman–Crippen LogP) is 2.31. The van der Waals surface area contributed by atoms with Crippen molar-refractivity contribution in [3.8, 4) is 5.75 Å². The molecule has 0 fully saturated rings. The molecule has 0 radical (unpaired) electrons. The smallest absolute Gasteiger partial charge is 0.181 e. The van der Waals surface area contributed by atoms with Gasteiger partial charge in [0.2, 0.25) is 0 Å². The molecule has 0 heterocycles. The summed E-state index contributed by atoms with van der Waals surface area (Å²) in [5, 5.41) is 0. The van der Waals surface area contributed by atoms with Crippen LogP contribution in [0.1, 0.15) is 11.1 Å². The molecule has 0 saturated carbocycles. The molecular weight excluding hydrogens is 286 g/mol. The highest BCUT2D eigenvalue weighted by atomic mass is 32.2. The summed E-state index contributed by atoms with van der Waals surface area (Å²) < 4.78 is 29.9. The number of para-hydroxylation sites is 1. The molecule has 0 atom stereocenters. The van der Waals surface area contributed by atoms with Gasteiger partial charge in [0.25, 0.3) is 0 Å². The first-order valence-corrected chi connectivity index (χ1v) is 8.38. The second-order valence-electron chi connectivity index (χ2n) is 4.78. The van der Waals surface area contributed by atoms with Crippen molar-refractivity contribution < 1.29 is 13.2 Å². The van der Waals surface area contributed by atoms with Gasteiger partial charge in [-0.3, -0.25) is 0 Å². The maximum absolute atomic E-state index is 12.2. The van der Waals surface area contributed by atoms with Crippen molar-refractivity contribution in [1.82, 2.24) is 0 Å². The first kappa shape index (κ1) is 15.5. The molecule has 5 heteroatoms. The molecule has 0 saturated heterocycles. The SMILES string of the molecule is Cc1ccccc1OCCS(=O)(=O)c1ccc(CN)cc1. The number of rotatable bonds is 6. The van der Waals surface area contributed by atoms with Crippen LogP contribution in [0.15, 0.2) is 53.4 Å². The summed E-state index contributed by atoms with van der Waals surface area (Å²) in [6.45, 7) is 2.46. The van der Waals surface area contributed by atoms with Crippen LogP contribution in [0.2, 0.25) is 0 Å². The van der Waals surface area contributed by atoms with E-state index in [1.165, 1.54) is 0 Å². The van der Waals surface area contributed by atoms with Crippen LogP contribution in [0.5, 0.6) is 5.75 Å². The standard InChI is InChI=1S/C16H19NO3S/c1-13-4-2-3-5-16(13)20-10-11-21(18,19)15-8-6-14(12-17)7-9-15/h2-9H,10-12,17H2,1H3. The number of hydrogen-bond acceptors (Lipinski definition) is 4. The van der Waals surface area contributed by atoms with E-state index in [4.69, 9.17) is 10.5 Å². The Hall–Kier alpha value is -1.85. The van der Waals surface area contributed by atoms with Gasteiger partial charge in [0, 0.05) is 6.54 Å². The lowest BCUT2D eigenvalue weighted by molar-refractivity contribution is 0.338. The molecule has 0 bridgehead atoms. The normalized spacial score (nSPS) is 11.3. The topological polar surface area (TPSA) is 69.4 Å². The van der Waals surface area contributed by atoms with Crippen molar-refractivity contribution in [2.45, 2.75) is 18.4 Å². The Morgan fingerprint density at radius 3 is 2.33 bits per heavy atom. The lowest BCUT2D eigenvalue weighted by Gasteiger charge is -2.09. The number of benzene rings is 2. The van der Waals surface area contributed by atoms with E-state index < -0.39 is 9.84 Å². The van der Waals surface area contributed by atoms with E-state index in [2.05, 4.69) is 0 Å². The molecule has 0 aliphatic heterocycles. The minimum atomic E-state index is -3.33. The fraction of sp³-hybridized carbons (Fsp3) is 0.250. The van der Waals surface area contributed by atoms with E-state index in [1.807, 2.05) is 31.2 Å². The minimum absolute atomic E-state index is 0.0523. The minimum Gasteiger partial charge on any atom is -0.492 e. The average molecular weight is 305 g/mol. The Bertz CT molecular complexity index is 694. The summed E-state index contributed by atoms with van der Waals surface area (Å²) in [5.41, 5.74) is 7.39. The Labute approximate surface area is 125 Å². The zero-order valence-electron chi connectivity index (χ0n) is 12.0. The number of nitrogens with two attached hydrogens (primary N) is 1. The maximum atomic E-state index is 12.2. The number of hydrogen-bond donors (Lipinski definition) is 1. The molecule has 0 unspecified atom stereocenters. The Morgan fingerprint density at radius 1 is 1.05 bits per heavy atom. The van der Waals surface area contributed by atoms with Crippen molar-refractivity contribution >= 4 is 9.84 Å². The van der Waals surface area contributed by atoms with Gasteiger partial charge < -0.3 is 10.5 Å². The van der Waals surface area contributed by atoms with E-state index in [1.54, 1.807) is 24.3 Å². The van der Waals surface area contributed by atoms with E-state index in [0.29, 0.717) is 17.2 Å². The van der Waals surface area contributed by atoms with E-state index in [-0.39, 0.29) is 12.4 Å². The monoisotopic (exact) mass is 305 g/mol. The highest BCUT2D eigenvalue weighted by molar-refractivity contribution is 7.91. The van der Waals surface area contributed by atoms with Gasteiger partial charge in [-0.25, -0.2) is 8.42 Å². The molecular formula is C16H19NO3S. The van der Waals surface area contributed by atoms with Crippen molar-refractivity contribution in [2.24, 2.45) is 5.73 Å². The van der Waals surface area contributed by atoms with Crippen molar-refractivity contribution in [1.29, 1.82) is 0 Å². The first-order valence-electron chi connectivity index (χ1n) is 6.73. The van der Waals surface area contributed by atoms with Crippen LogP contribution >= 0.6 is 0 Å². The van der Waals surface area contributed by atoms with Crippen LogP contribution in [0.25, 0.3) is 0 Å². The lowest BCUT2D eigenvalue weighted by atomic mass is 10.2. The molecule has 2 aromatic carbocycles. The molecule has 0 amide bonds. The Kier molecular flexibility index (Phi) is 4.98. The highest BCUT2D eigenvalue weighted by Crippen LogP contribution is 2.17. The Balaban J connectivity index is 1.99. The second-order valence-corrected chi connectivity index (χ2v) is 6.89. The van der Waals surface area contributed by atoms with Crippen molar-refractivity contribution in [3.05, 3.63) is 59.7 Å². The van der Waals surface area contributed by atoms with Crippen molar-refractivity contribution in [3.63, 3.8) is 0 Å². The average Bonchev–Trinajstić information content (AvgIpc) is 2.49. The molecule has 2 rings (SSSR count). The summed E-state index contributed by atoms with van der Waals surface area (Å²) in [4.78, 5) is 0.299. The number of ether oxygens (including phenoxy) is 1. The van der Waals surface area contributed by atoms with Gasteiger partial charge in [0.1, 0.15) is 12.4 Å². The molecule has 21 heavy (non-hydrogen) atoms. The van der Waals surface area contributed by atoms with Crippen molar-refractivity contribution in [2.75, 3.05) is 12.4 Å². The third-order valence-corrected chi connectivity index (χ3v) is 4.92. The molecule has 0 aromatic heterocycles. The third-order valence-electron chi connectivity index (χ3n) is 3.22.